The number of hydrogen-bond acceptors (Lipinski definition) is 3. The molecule has 1 aromatic carbocycles. The van der Waals surface area contributed by atoms with Crippen LogP contribution in [0.1, 0.15) is 31.4 Å². The summed E-state index contributed by atoms with van der Waals surface area (Å²) < 4.78 is 6.01. The number of aliphatic hydroxyl groups excluding tert-OH is 1. The minimum absolute atomic E-state index is 0.0769. The van der Waals surface area contributed by atoms with Crippen molar-refractivity contribution in [2.75, 3.05) is 6.61 Å². The van der Waals surface area contributed by atoms with Gasteiger partial charge in [0.05, 0.1) is 12.2 Å². The van der Waals surface area contributed by atoms with Crippen molar-refractivity contribution in [1.82, 2.24) is 0 Å². The highest BCUT2D eigenvalue weighted by molar-refractivity contribution is 14.1. The number of halogens is 1. The number of rotatable bonds is 6. The van der Waals surface area contributed by atoms with Gasteiger partial charge in [-0.05, 0) is 46.7 Å². The number of ether oxygens (including phenoxy) is 1. The molecule has 4 heteroatoms. The van der Waals surface area contributed by atoms with Gasteiger partial charge >= 0.3 is 5.97 Å². The van der Waals surface area contributed by atoms with E-state index in [9.17, 15) is 9.90 Å². The highest BCUT2D eigenvalue weighted by Crippen LogP contribution is 2.22. The average molecular weight is 360 g/mol. The zero-order valence-electron chi connectivity index (χ0n) is 10.4. The summed E-state index contributed by atoms with van der Waals surface area (Å²) in [6, 6.07) is 7.32. The third-order valence-electron chi connectivity index (χ3n) is 2.49. The summed E-state index contributed by atoms with van der Waals surface area (Å²) in [5.41, 5.74) is 0.729. The van der Waals surface area contributed by atoms with Gasteiger partial charge in [-0.15, -0.1) is 0 Å². The van der Waals surface area contributed by atoms with Gasteiger partial charge in [0.15, 0.2) is 0 Å². The number of benzene rings is 1. The Morgan fingerprint density at radius 1 is 1.56 bits per heavy atom. The molecule has 3 nitrogen and oxygen atoms in total. The van der Waals surface area contributed by atoms with Crippen molar-refractivity contribution in [3.8, 4) is 0 Å². The smallest absolute Gasteiger partial charge is 0.336 e. The predicted molar refractivity (Wildman–Crippen MR) is 79.1 cm³/mol. The molecule has 0 aliphatic carbocycles. The van der Waals surface area contributed by atoms with E-state index in [1.54, 1.807) is 6.07 Å². The van der Waals surface area contributed by atoms with Crippen LogP contribution in [0.15, 0.2) is 36.4 Å². The lowest BCUT2D eigenvalue weighted by Gasteiger charge is -2.13. The van der Waals surface area contributed by atoms with Crippen LogP contribution in [-0.2, 0) is 9.53 Å². The van der Waals surface area contributed by atoms with Crippen LogP contribution >= 0.6 is 22.6 Å². The third-order valence-corrected chi connectivity index (χ3v) is 3.16. The molecule has 0 saturated heterocycles. The van der Waals surface area contributed by atoms with Gasteiger partial charge in [-0.25, -0.2) is 4.79 Å². The zero-order valence-corrected chi connectivity index (χ0v) is 12.5. The first kappa shape index (κ1) is 15.2. The predicted octanol–water partition coefficient (Wildman–Crippen LogP) is 3.22. The molecule has 0 aliphatic heterocycles. The number of unbranched alkanes of at least 4 members (excludes halogenated alkanes) is 1. The van der Waals surface area contributed by atoms with Crippen molar-refractivity contribution in [3.05, 3.63) is 45.6 Å². The molecule has 0 heterocycles. The molecular formula is C14H17IO3. The van der Waals surface area contributed by atoms with Gasteiger partial charge in [0.1, 0.15) is 6.10 Å². The van der Waals surface area contributed by atoms with Gasteiger partial charge in [-0.1, -0.05) is 32.1 Å². The molecule has 0 fully saturated rings. The van der Waals surface area contributed by atoms with E-state index >= 15 is 0 Å². The largest absolute Gasteiger partial charge is 0.462 e. The Morgan fingerprint density at radius 2 is 2.28 bits per heavy atom. The van der Waals surface area contributed by atoms with E-state index in [1.165, 1.54) is 0 Å². The fraction of sp³-hybridized carbons (Fsp3) is 0.357. The lowest BCUT2D eigenvalue weighted by atomic mass is 10.0. The number of aliphatic hydroxyl groups is 1. The van der Waals surface area contributed by atoms with Crippen LogP contribution in [0.5, 0.6) is 0 Å². The maximum absolute atomic E-state index is 11.6. The third kappa shape index (κ3) is 4.42. The van der Waals surface area contributed by atoms with E-state index in [-0.39, 0.29) is 5.57 Å². The molecule has 0 aromatic heterocycles. The van der Waals surface area contributed by atoms with Gasteiger partial charge in [0.25, 0.3) is 0 Å². The van der Waals surface area contributed by atoms with Crippen molar-refractivity contribution in [1.29, 1.82) is 0 Å². The van der Waals surface area contributed by atoms with Crippen molar-refractivity contribution < 1.29 is 14.6 Å². The van der Waals surface area contributed by atoms with Crippen LogP contribution in [-0.4, -0.2) is 17.7 Å². The first-order valence-corrected chi connectivity index (χ1v) is 6.93. The number of hydrogen-bond donors (Lipinski definition) is 1. The van der Waals surface area contributed by atoms with Crippen LogP contribution in [0.25, 0.3) is 0 Å². The minimum Gasteiger partial charge on any atom is -0.462 e. The molecule has 1 rings (SSSR count). The fourth-order valence-electron chi connectivity index (χ4n) is 1.39. The van der Waals surface area contributed by atoms with E-state index < -0.39 is 12.1 Å². The average Bonchev–Trinajstić information content (AvgIpc) is 2.37. The van der Waals surface area contributed by atoms with Gasteiger partial charge in [-0.3, -0.25) is 0 Å². The molecule has 98 valence electrons. The van der Waals surface area contributed by atoms with E-state index in [1.807, 2.05) is 25.1 Å². The molecule has 0 amide bonds. The molecule has 0 bridgehead atoms. The van der Waals surface area contributed by atoms with Crippen LogP contribution in [0.4, 0.5) is 0 Å². The summed E-state index contributed by atoms with van der Waals surface area (Å²) in [6.45, 7) is 6.00. The van der Waals surface area contributed by atoms with Crippen molar-refractivity contribution in [2.45, 2.75) is 25.9 Å². The van der Waals surface area contributed by atoms with Gasteiger partial charge < -0.3 is 9.84 Å². The lowest BCUT2D eigenvalue weighted by Crippen LogP contribution is -2.14. The standard InChI is InChI=1S/C14H17IO3/c1-3-4-8-18-14(17)10(2)13(16)11-6-5-7-12(15)9-11/h5-7,9,13,16H,2-4,8H2,1H3. The molecule has 0 spiro atoms. The minimum atomic E-state index is -1.01. The van der Waals surface area contributed by atoms with E-state index in [0.29, 0.717) is 12.2 Å². The topological polar surface area (TPSA) is 46.5 Å². The quantitative estimate of drug-likeness (QED) is 0.367. The first-order valence-electron chi connectivity index (χ1n) is 5.85. The Balaban J connectivity index is 2.63. The molecule has 0 radical (unpaired) electrons. The zero-order chi connectivity index (χ0) is 13.5. The SMILES string of the molecule is C=C(C(=O)OCCCC)C(O)c1cccc(I)c1. The second-order valence-electron chi connectivity index (χ2n) is 3.97. The van der Waals surface area contributed by atoms with Crippen LogP contribution in [0.2, 0.25) is 0 Å². The monoisotopic (exact) mass is 360 g/mol. The number of esters is 1. The van der Waals surface area contributed by atoms with Crippen molar-refractivity contribution in [2.24, 2.45) is 0 Å². The molecule has 18 heavy (non-hydrogen) atoms. The Kier molecular flexibility index (Phi) is 6.35. The van der Waals surface area contributed by atoms with Gasteiger partial charge in [-0.2, -0.15) is 0 Å². The summed E-state index contributed by atoms with van der Waals surface area (Å²) in [6.07, 6.45) is 0.770. The Bertz CT molecular complexity index is 429. The second kappa shape index (κ2) is 7.53. The number of carbonyl (C=O) groups excluding carboxylic acids is 1. The lowest BCUT2D eigenvalue weighted by molar-refractivity contribution is -0.140. The van der Waals surface area contributed by atoms with Crippen molar-refractivity contribution >= 4 is 28.6 Å². The normalized spacial score (nSPS) is 11.9. The summed E-state index contributed by atoms with van der Waals surface area (Å²) >= 11 is 2.15. The van der Waals surface area contributed by atoms with E-state index in [2.05, 4.69) is 29.2 Å². The summed E-state index contributed by atoms with van der Waals surface area (Å²) in [5.74, 6) is -0.533. The highest BCUT2D eigenvalue weighted by Gasteiger charge is 2.19. The van der Waals surface area contributed by atoms with Crippen LogP contribution in [0, 0.1) is 3.57 Å². The molecule has 1 aromatic rings. The molecule has 1 N–H and O–H groups in total. The maximum atomic E-state index is 11.6. The summed E-state index contributed by atoms with van der Waals surface area (Å²) in [4.78, 5) is 11.6. The summed E-state index contributed by atoms with van der Waals surface area (Å²) in [7, 11) is 0. The van der Waals surface area contributed by atoms with Crippen LogP contribution in [0.3, 0.4) is 0 Å². The van der Waals surface area contributed by atoms with Crippen LogP contribution < -0.4 is 0 Å². The number of carbonyl (C=O) groups is 1. The fourth-order valence-corrected chi connectivity index (χ4v) is 1.96. The van der Waals surface area contributed by atoms with Crippen molar-refractivity contribution in [3.63, 3.8) is 0 Å². The molecule has 1 unspecified atom stereocenters. The molecule has 1 atom stereocenters. The van der Waals surface area contributed by atoms with E-state index in [4.69, 9.17) is 4.74 Å². The van der Waals surface area contributed by atoms with E-state index in [0.717, 1.165) is 16.4 Å². The summed E-state index contributed by atoms with van der Waals surface area (Å²) in [5, 5.41) is 10.0. The molecule has 0 saturated carbocycles. The molecule has 0 aliphatic rings. The Labute approximate surface area is 121 Å². The Hall–Kier alpha value is -0.880. The first-order chi connectivity index (χ1) is 8.56. The maximum Gasteiger partial charge on any atom is 0.336 e. The molecular weight excluding hydrogens is 343 g/mol. The Morgan fingerprint density at radius 3 is 2.89 bits per heavy atom. The van der Waals surface area contributed by atoms with Gasteiger partial charge in [0, 0.05) is 3.57 Å². The van der Waals surface area contributed by atoms with Gasteiger partial charge in [0.2, 0.25) is 0 Å². The highest BCUT2D eigenvalue weighted by atomic mass is 127. The second-order valence-corrected chi connectivity index (χ2v) is 5.22.